The molecule has 16 nitrogen and oxygen atoms in total. The maximum atomic E-state index is 12.9. The molecule has 0 aliphatic carbocycles. The standard InChI is InChI=1S/C22H31NO15/c1-10(24)23-18-15(35-12(3)26)7-22(21(31)32-6,34-9-17(29)30)38-20(18)19(37-14(5)28)16(36-13(4)27)8-33-11(2)25/h15-16,18-20H,7-9H2,1-6H3,(H,23,24)(H,29,30)/t15-,16+,18+,19+,20+,22+/m0/s1. The molecule has 0 radical (unpaired) electrons. The van der Waals surface area contributed by atoms with Crippen molar-refractivity contribution in [3.63, 3.8) is 0 Å². The summed E-state index contributed by atoms with van der Waals surface area (Å²) in [5.41, 5.74) is 0. The summed E-state index contributed by atoms with van der Waals surface area (Å²) in [6, 6.07) is -1.39. The van der Waals surface area contributed by atoms with Crippen LogP contribution in [-0.2, 0) is 66.7 Å². The number of ether oxygens (including phenoxy) is 7. The van der Waals surface area contributed by atoms with Gasteiger partial charge in [-0.2, -0.15) is 0 Å². The highest BCUT2D eigenvalue weighted by Gasteiger charge is 2.59. The van der Waals surface area contributed by atoms with E-state index in [9.17, 15) is 33.6 Å². The third-order valence-electron chi connectivity index (χ3n) is 4.92. The van der Waals surface area contributed by atoms with Crippen LogP contribution in [0.2, 0.25) is 0 Å². The van der Waals surface area contributed by atoms with Crippen molar-refractivity contribution in [2.45, 2.75) is 77.3 Å². The van der Waals surface area contributed by atoms with E-state index in [2.05, 4.69) is 5.32 Å². The Balaban J connectivity index is 3.82. The minimum Gasteiger partial charge on any atom is -0.480 e. The van der Waals surface area contributed by atoms with E-state index in [-0.39, 0.29) is 0 Å². The average Bonchev–Trinajstić information content (AvgIpc) is 2.78. The van der Waals surface area contributed by atoms with Crippen molar-refractivity contribution in [3.8, 4) is 0 Å². The number of esters is 5. The van der Waals surface area contributed by atoms with Gasteiger partial charge >= 0.3 is 35.8 Å². The van der Waals surface area contributed by atoms with Crippen LogP contribution in [0.1, 0.15) is 41.0 Å². The van der Waals surface area contributed by atoms with Crippen molar-refractivity contribution in [3.05, 3.63) is 0 Å². The third-order valence-corrected chi connectivity index (χ3v) is 4.92. The van der Waals surface area contributed by atoms with Gasteiger partial charge in [-0.3, -0.25) is 24.0 Å². The monoisotopic (exact) mass is 549 g/mol. The molecule has 1 rings (SSSR count). The molecule has 214 valence electrons. The van der Waals surface area contributed by atoms with E-state index < -0.39 is 97.6 Å². The maximum Gasteiger partial charge on any atom is 0.366 e. The van der Waals surface area contributed by atoms with E-state index in [4.69, 9.17) is 38.3 Å². The fraction of sp³-hybridized carbons (Fsp3) is 0.682. The predicted molar refractivity (Wildman–Crippen MR) is 119 cm³/mol. The Bertz CT molecular complexity index is 934. The summed E-state index contributed by atoms with van der Waals surface area (Å²) in [7, 11) is 0.944. The highest BCUT2D eigenvalue weighted by molar-refractivity contribution is 5.79. The SMILES string of the molecule is COC(=O)[C@@]1(OCC(=O)O)C[C@H](OC(C)=O)[C@@H](NC(C)=O)[C@H]([C@H](OC(C)=O)[C@@H](COC(C)=O)OC(C)=O)O1. The molecule has 0 spiro atoms. The number of carbonyl (C=O) groups excluding carboxylic acids is 6. The van der Waals surface area contributed by atoms with Gasteiger partial charge in [0.15, 0.2) is 12.2 Å². The molecule has 0 saturated carbocycles. The van der Waals surface area contributed by atoms with Crippen molar-refractivity contribution in [1.29, 1.82) is 0 Å². The summed E-state index contributed by atoms with van der Waals surface area (Å²) < 4.78 is 36.6. The van der Waals surface area contributed by atoms with Crippen molar-refractivity contribution in [2.24, 2.45) is 0 Å². The van der Waals surface area contributed by atoms with Crippen molar-refractivity contribution >= 4 is 41.7 Å². The topological polar surface area (TPSA) is 216 Å². The predicted octanol–water partition coefficient (Wildman–Crippen LogP) is -1.39. The lowest BCUT2D eigenvalue weighted by Crippen LogP contribution is -2.69. The number of carboxylic acids is 1. The Morgan fingerprint density at radius 3 is 2.00 bits per heavy atom. The minimum absolute atomic E-state index is 0.664. The number of aliphatic carboxylic acids is 1. The van der Waals surface area contributed by atoms with E-state index in [1.165, 1.54) is 0 Å². The van der Waals surface area contributed by atoms with Crippen LogP contribution in [0.25, 0.3) is 0 Å². The molecule has 0 aromatic carbocycles. The van der Waals surface area contributed by atoms with Gasteiger partial charge in [-0.15, -0.1) is 0 Å². The number of carbonyl (C=O) groups is 7. The van der Waals surface area contributed by atoms with Gasteiger partial charge in [0.2, 0.25) is 5.91 Å². The number of nitrogens with one attached hydrogen (secondary N) is 1. The first kappa shape index (κ1) is 32.2. The summed E-state index contributed by atoms with van der Waals surface area (Å²) in [5.74, 6) is -9.52. The Hall–Kier alpha value is -3.79. The van der Waals surface area contributed by atoms with Crippen molar-refractivity contribution < 1.29 is 71.8 Å². The molecule has 0 aromatic rings. The molecule has 1 aliphatic heterocycles. The molecule has 1 saturated heterocycles. The molecule has 0 unspecified atom stereocenters. The molecule has 2 N–H and O–H groups in total. The number of amides is 1. The van der Waals surface area contributed by atoms with Crippen LogP contribution in [0.4, 0.5) is 0 Å². The Morgan fingerprint density at radius 1 is 0.947 bits per heavy atom. The summed E-state index contributed by atoms with van der Waals surface area (Å²) in [5, 5.41) is 11.6. The lowest BCUT2D eigenvalue weighted by atomic mass is 9.88. The first-order chi connectivity index (χ1) is 17.6. The average molecular weight is 549 g/mol. The summed E-state index contributed by atoms with van der Waals surface area (Å²) in [4.78, 5) is 83.5. The normalized spacial score (nSPS) is 24.1. The number of rotatable bonds is 12. The van der Waals surface area contributed by atoms with Crippen molar-refractivity contribution in [1.82, 2.24) is 5.32 Å². The van der Waals surface area contributed by atoms with Gasteiger partial charge in [-0.05, 0) is 0 Å². The minimum atomic E-state index is -2.56. The summed E-state index contributed by atoms with van der Waals surface area (Å²) in [6.07, 6.45) is -7.15. The van der Waals surface area contributed by atoms with Gasteiger partial charge in [0.05, 0.1) is 19.6 Å². The summed E-state index contributed by atoms with van der Waals surface area (Å²) in [6.45, 7) is 3.43. The van der Waals surface area contributed by atoms with Crippen LogP contribution in [-0.4, -0.2) is 103 Å². The zero-order valence-corrected chi connectivity index (χ0v) is 21.7. The molecular weight excluding hydrogens is 518 g/mol. The fourth-order valence-electron chi connectivity index (χ4n) is 3.73. The zero-order valence-electron chi connectivity index (χ0n) is 21.7. The first-order valence-corrected chi connectivity index (χ1v) is 11.2. The second-order valence-electron chi connectivity index (χ2n) is 8.11. The number of hydrogen-bond donors (Lipinski definition) is 2. The van der Waals surface area contributed by atoms with E-state index >= 15 is 0 Å². The molecule has 0 aromatic heterocycles. The second kappa shape index (κ2) is 14.2. The van der Waals surface area contributed by atoms with Crippen LogP contribution < -0.4 is 5.32 Å². The molecule has 1 heterocycles. The van der Waals surface area contributed by atoms with Gasteiger partial charge in [0.25, 0.3) is 5.79 Å². The van der Waals surface area contributed by atoms with Crippen LogP contribution in [0.15, 0.2) is 0 Å². The molecule has 1 amide bonds. The van der Waals surface area contributed by atoms with E-state index in [1.54, 1.807) is 0 Å². The lowest BCUT2D eigenvalue weighted by Gasteiger charge is -2.48. The van der Waals surface area contributed by atoms with Gasteiger partial charge in [-0.1, -0.05) is 0 Å². The number of methoxy groups -OCH3 is 1. The molecule has 6 atom stereocenters. The molecular formula is C22H31NO15. The highest BCUT2D eigenvalue weighted by atomic mass is 16.7. The smallest absolute Gasteiger partial charge is 0.366 e. The molecule has 38 heavy (non-hydrogen) atoms. The Kier molecular flexibility index (Phi) is 12.1. The lowest BCUT2D eigenvalue weighted by molar-refractivity contribution is -0.313. The second-order valence-corrected chi connectivity index (χ2v) is 8.11. The fourth-order valence-corrected chi connectivity index (χ4v) is 3.73. The highest BCUT2D eigenvalue weighted by Crippen LogP contribution is 2.37. The number of carboxylic acid groups (broad SMARTS) is 1. The van der Waals surface area contributed by atoms with Crippen molar-refractivity contribution in [2.75, 3.05) is 20.3 Å². The largest absolute Gasteiger partial charge is 0.480 e. The quantitative estimate of drug-likeness (QED) is 0.211. The van der Waals surface area contributed by atoms with Gasteiger partial charge in [0, 0.05) is 34.6 Å². The van der Waals surface area contributed by atoms with Gasteiger partial charge in [0.1, 0.15) is 25.4 Å². The van der Waals surface area contributed by atoms with Crippen LogP contribution in [0.5, 0.6) is 0 Å². The number of hydrogen-bond acceptors (Lipinski definition) is 14. The molecule has 1 fully saturated rings. The maximum absolute atomic E-state index is 12.9. The van der Waals surface area contributed by atoms with Gasteiger partial charge in [-0.25, -0.2) is 9.59 Å². The van der Waals surface area contributed by atoms with E-state index in [1.807, 2.05) is 0 Å². The first-order valence-electron chi connectivity index (χ1n) is 11.2. The molecule has 0 bridgehead atoms. The van der Waals surface area contributed by atoms with Crippen LogP contribution in [0, 0.1) is 0 Å². The Morgan fingerprint density at radius 2 is 1.55 bits per heavy atom. The summed E-state index contributed by atoms with van der Waals surface area (Å²) >= 11 is 0. The zero-order chi connectivity index (χ0) is 29.2. The van der Waals surface area contributed by atoms with Crippen LogP contribution in [0.3, 0.4) is 0 Å². The van der Waals surface area contributed by atoms with Gasteiger partial charge < -0.3 is 43.6 Å². The Labute approximate surface area is 217 Å². The molecule has 16 heteroatoms. The van der Waals surface area contributed by atoms with E-state index in [0.29, 0.717) is 0 Å². The van der Waals surface area contributed by atoms with Crippen LogP contribution >= 0.6 is 0 Å². The molecule has 1 aliphatic rings. The van der Waals surface area contributed by atoms with E-state index in [0.717, 1.165) is 41.7 Å². The third kappa shape index (κ3) is 9.59.